The smallest absolute Gasteiger partial charge is 0.246 e. The Morgan fingerprint density at radius 3 is 2.57 bits per heavy atom. The van der Waals surface area contributed by atoms with Gasteiger partial charge in [0.25, 0.3) is 0 Å². The van der Waals surface area contributed by atoms with E-state index in [2.05, 4.69) is 5.32 Å². The molecule has 0 spiro atoms. The number of carbonyl (C=O) groups excluding carboxylic acids is 1. The number of rotatable bonds is 8. The van der Waals surface area contributed by atoms with E-state index < -0.39 is 0 Å². The van der Waals surface area contributed by atoms with Crippen molar-refractivity contribution in [3.05, 3.63) is 0 Å². The lowest BCUT2D eigenvalue weighted by molar-refractivity contribution is -0.127. The number of hydrogen-bond acceptors (Lipinski definition) is 4. The van der Waals surface area contributed by atoms with E-state index >= 15 is 0 Å². The Labute approximate surface area is 84.7 Å². The highest BCUT2D eigenvalue weighted by Gasteiger charge is 2.06. The average Bonchev–Trinajstić information content (AvgIpc) is 2.13. The van der Waals surface area contributed by atoms with Gasteiger partial charge in [-0.05, 0) is 6.92 Å². The summed E-state index contributed by atoms with van der Waals surface area (Å²) in [7, 11) is 3.18. The quantitative estimate of drug-likeness (QED) is 0.558. The van der Waals surface area contributed by atoms with E-state index in [9.17, 15) is 4.79 Å². The molecule has 0 rings (SSSR count). The van der Waals surface area contributed by atoms with E-state index in [1.165, 1.54) is 0 Å². The highest BCUT2D eigenvalue weighted by Crippen LogP contribution is 1.83. The molecule has 1 N–H and O–H groups in total. The van der Waals surface area contributed by atoms with Crippen LogP contribution < -0.4 is 5.32 Å². The molecular weight excluding hydrogens is 186 g/mol. The van der Waals surface area contributed by atoms with Gasteiger partial charge in [0.15, 0.2) is 0 Å². The second-order valence-corrected chi connectivity index (χ2v) is 2.97. The standard InChI is InChI=1S/C9H19NO4/c1-8(6-13-3)10-9(11)7-14-5-4-12-2/h8H,4-7H2,1-3H3,(H,10,11). The van der Waals surface area contributed by atoms with Crippen LogP contribution in [0.5, 0.6) is 0 Å². The summed E-state index contributed by atoms with van der Waals surface area (Å²) >= 11 is 0. The van der Waals surface area contributed by atoms with Crippen LogP contribution in [0.1, 0.15) is 6.92 Å². The Morgan fingerprint density at radius 1 is 1.29 bits per heavy atom. The third-order valence-corrected chi connectivity index (χ3v) is 1.49. The van der Waals surface area contributed by atoms with E-state index in [-0.39, 0.29) is 18.6 Å². The van der Waals surface area contributed by atoms with Gasteiger partial charge in [-0.15, -0.1) is 0 Å². The van der Waals surface area contributed by atoms with Crippen molar-refractivity contribution in [1.82, 2.24) is 5.32 Å². The van der Waals surface area contributed by atoms with Gasteiger partial charge in [0.2, 0.25) is 5.91 Å². The third-order valence-electron chi connectivity index (χ3n) is 1.49. The summed E-state index contributed by atoms with van der Waals surface area (Å²) in [6, 6.07) is 0.0125. The van der Waals surface area contributed by atoms with Gasteiger partial charge in [0.05, 0.1) is 19.8 Å². The topological polar surface area (TPSA) is 56.8 Å². The van der Waals surface area contributed by atoms with Gasteiger partial charge in [-0.25, -0.2) is 0 Å². The molecule has 0 saturated heterocycles. The molecule has 0 aliphatic rings. The molecule has 5 nitrogen and oxygen atoms in total. The van der Waals surface area contributed by atoms with Gasteiger partial charge in [0.1, 0.15) is 6.61 Å². The highest BCUT2D eigenvalue weighted by atomic mass is 16.5. The van der Waals surface area contributed by atoms with Crippen molar-refractivity contribution in [3.8, 4) is 0 Å². The lowest BCUT2D eigenvalue weighted by Gasteiger charge is -2.12. The monoisotopic (exact) mass is 205 g/mol. The fourth-order valence-corrected chi connectivity index (χ4v) is 0.915. The van der Waals surface area contributed by atoms with Gasteiger partial charge in [-0.2, -0.15) is 0 Å². The number of ether oxygens (including phenoxy) is 3. The highest BCUT2D eigenvalue weighted by molar-refractivity contribution is 5.77. The normalized spacial score (nSPS) is 12.5. The van der Waals surface area contributed by atoms with Crippen molar-refractivity contribution >= 4 is 5.91 Å². The first-order valence-corrected chi connectivity index (χ1v) is 4.55. The molecule has 0 aromatic rings. The number of amides is 1. The molecule has 0 aliphatic heterocycles. The predicted molar refractivity (Wildman–Crippen MR) is 52.2 cm³/mol. The Hall–Kier alpha value is -0.650. The molecule has 84 valence electrons. The fraction of sp³-hybridized carbons (Fsp3) is 0.889. The van der Waals surface area contributed by atoms with Gasteiger partial charge in [0, 0.05) is 20.3 Å². The molecule has 0 heterocycles. The molecule has 14 heavy (non-hydrogen) atoms. The largest absolute Gasteiger partial charge is 0.383 e. The summed E-state index contributed by atoms with van der Waals surface area (Å²) in [5.74, 6) is -0.134. The van der Waals surface area contributed by atoms with E-state index in [1.54, 1.807) is 14.2 Å². The van der Waals surface area contributed by atoms with Crippen molar-refractivity contribution in [2.24, 2.45) is 0 Å². The average molecular weight is 205 g/mol. The molecule has 0 aromatic heterocycles. The van der Waals surface area contributed by atoms with E-state index in [1.807, 2.05) is 6.92 Å². The lowest BCUT2D eigenvalue weighted by atomic mass is 10.3. The molecule has 1 unspecified atom stereocenters. The van der Waals surface area contributed by atoms with Crippen LogP contribution in [0.2, 0.25) is 0 Å². The second-order valence-electron chi connectivity index (χ2n) is 2.97. The predicted octanol–water partition coefficient (Wildman–Crippen LogP) is -0.199. The first-order chi connectivity index (χ1) is 6.70. The fourth-order valence-electron chi connectivity index (χ4n) is 0.915. The molecule has 0 saturated carbocycles. The van der Waals surface area contributed by atoms with Crippen LogP contribution in [0.4, 0.5) is 0 Å². The van der Waals surface area contributed by atoms with Crippen LogP contribution in [0.15, 0.2) is 0 Å². The van der Waals surface area contributed by atoms with E-state index in [4.69, 9.17) is 14.2 Å². The molecule has 0 fully saturated rings. The molecule has 0 aliphatic carbocycles. The van der Waals surface area contributed by atoms with Gasteiger partial charge in [-0.3, -0.25) is 4.79 Å². The van der Waals surface area contributed by atoms with Crippen LogP contribution in [0.25, 0.3) is 0 Å². The van der Waals surface area contributed by atoms with Gasteiger partial charge in [-0.1, -0.05) is 0 Å². The molecule has 0 bridgehead atoms. The number of nitrogens with one attached hydrogen (secondary N) is 1. The zero-order valence-electron chi connectivity index (χ0n) is 9.04. The third kappa shape index (κ3) is 7.97. The van der Waals surface area contributed by atoms with Crippen molar-refractivity contribution in [2.75, 3.05) is 40.6 Å². The minimum Gasteiger partial charge on any atom is -0.383 e. The maximum Gasteiger partial charge on any atom is 0.246 e. The SMILES string of the molecule is COCCOCC(=O)NC(C)COC. The minimum absolute atomic E-state index is 0.0125. The molecule has 0 aromatic carbocycles. The zero-order valence-corrected chi connectivity index (χ0v) is 9.04. The lowest BCUT2D eigenvalue weighted by Crippen LogP contribution is -2.38. The summed E-state index contributed by atoms with van der Waals surface area (Å²) in [5.41, 5.74) is 0. The summed E-state index contributed by atoms with van der Waals surface area (Å²) < 4.78 is 14.7. The molecule has 1 atom stereocenters. The van der Waals surface area contributed by atoms with E-state index in [0.717, 1.165) is 0 Å². The second kappa shape index (κ2) is 8.93. The molecule has 1 amide bonds. The number of hydrogen-bond donors (Lipinski definition) is 1. The van der Waals surface area contributed by atoms with Crippen LogP contribution in [-0.4, -0.2) is 52.6 Å². The Balaban J connectivity index is 3.35. The first kappa shape index (κ1) is 13.4. The van der Waals surface area contributed by atoms with Crippen LogP contribution in [0, 0.1) is 0 Å². The van der Waals surface area contributed by atoms with Crippen molar-refractivity contribution in [1.29, 1.82) is 0 Å². The van der Waals surface area contributed by atoms with Crippen molar-refractivity contribution < 1.29 is 19.0 Å². The number of carbonyl (C=O) groups is 1. The molecular formula is C9H19NO4. The van der Waals surface area contributed by atoms with Crippen LogP contribution in [0.3, 0.4) is 0 Å². The minimum atomic E-state index is -0.134. The van der Waals surface area contributed by atoms with Gasteiger partial charge < -0.3 is 19.5 Å². The first-order valence-electron chi connectivity index (χ1n) is 4.55. The van der Waals surface area contributed by atoms with Crippen molar-refractivity contribution in [2.45, 2.75) is 13.0 Å². The summed E-state index contributed by atoms with van der Waals surface area (Å²) in [5, 5.41) is 2.73. The number of methoxy groups -OCH3 is 2. The van der Waals surface area contributed by atoms with Crippen molar-refractivity contribution in [3.63, 3.8) is 0 Å². The zero-order chi connectivity index (χ0) is 10.8. The Kier molecular flexibility index (Phi) is 8.51. The van der Waals surface area contributed by atoms with Crippen LogP contribution >= 0.6 is 0 Å². The van der Waals surface area contributed by atoms with Gasteiger partial charge >= 0.3 is 0 Å². The maximum atomic E-state index is 11.2. The maximum absolute atomic E-state index is 11.2. The summed E-state index contributed by atoms with van der Waals surface area (Å²) in [6.07, 6.45) is 0. The summed E-state index contributed by atoms with van der Waals surface area (Å²) in [6.45, 7) is 3.38. The Morgan fingerprint density at radius 2 is 2.00 bits per heavy atom. The molecule has 5 heteroatoms. The molecule has 0 radical (unpaired) electrons. The summed E-state index contributed by atoms with van der Waals surface area (Å²) in [4.78, 5) is 11.2. The van der Waals surface area contributed by atoms with E-state index in [0.29, 0.717) is 19.8 Å². The Bertz CT molecular complexity index is 152. The van der Waals surface area contributed by atoms with Crippen LogP contribution in [-0.2, 0) is 19.0 Å².